The van der Waals surface area contributed by atoms with E-state index in [0.717, 1.165) is 11.0 Å². The van der Waals surface area contributed by atoms with Crippen molar-refractivity contribution in [2.45, 2.75) is 12.3 Å². The molecule has 0 spiro atoms. The van der Waals surface area contributed by atoms with Crippen LogP contribution in [0.25, 0.3) is 0 Å². The second-order valence-corrected chi connectivity index (χ2v) is 3.44. The van der Waals surface area contributed by atoms with Crippen LogP contribution in [0.4, 0.5) is 5.69 Å². The largest absolute Gasteiger partial charge is 0.316 e. The van der Waals surface area contributed by atoms with Gasteiger partial charge in [0.2, 0.25) is 5.91 Å². The molecule has 70 valence electrons. The van der Waals surface area contributed by atoms with Crippen LogP contribution >= 0.6 is 15.9 Å². The fourth-order valence-corrected chi connectivity index (χ4v) is 1.36. The summed E-state index contributed by atoms with van der Waals surface area (Å²) in [5, 5.41) is 0.844. The van der Waals surface area contributed by atoms with Crippen molar-refractivity contribution in [3.8, 4) is 0 Å². The quantitative estimate of drug-likeness (QED) is 0.730. The number of alkyl halides is 1. The highest BCUT2D eigenvalue weighted by molar-refractivity contribution is 9.08. The maximum Gasteiger partial charge on any atom is 0.223 e. The summed E-state index contributed by atoms with van der Waals surface area (Å²) < 4.78 is 0. The van der Waals surface area contributed by atoms with E-state index in [4.69, 9.17) is 0 Å². The van der Waals surface area contributed by atoms with Crippen molar-refractivity contribution in [1.29, 1.82) is 0 Å². The van der Waals surface area contributed by atoms with E-state index in [2.05, 4.69) is 15.9 Å². The lowest BCUT2D eigenvalue weighted by molar-refractivity contribution is -0.116. The van der Waals surface area contributed by atoms with Gasteiger partial charge in [0.15, 0.2) is 0 Å². The lowest BCUT2D eigenvalue weighted by atomic mass is 10.2. The fourth-order valence-electron chi connectivity index (χ4n) is 0.990. The highest BCUT2D eigenvalue weighted by Gasteiger charge is 2.03. The molecule has 0 aliphatic heterocycles. The van der Waals surface area contributed by atoms with Gasteiger partial charge < -0.3 is 4.90 Å². The standard InChI is InChI=1S/C10H12BrNO/c1-8(13)12(2)10-5-3-9(7-11)4-6-10/h3-6H,7H2,1-2H3. The second kappa shape index (κ2) is 4.42. The Labute approximate surface area is 86.7 Å². The average molecular weight is 242 g/mol. The van der Waals surface area contributed by atoms with Gasteiger partial charge in [0.1, 0.15) is 0 Å². The van der Waals surface area contributed by atoms with E-state index in [1.165, 1.54) is 5.56 Å². The number of anilines is 1. The van der Waals surface area contributed by atoms with Crippen molar-refractivity contribution in [3.05, 3.63) is 29.8 Å². The summed E-state index contributed by atoms with van der Waals surface area (Å²) in [5.74, 6) is 0.0478. The molecule has 2 nitrogen and oxygen atoms in total. The number of halogens is 1. The summed E-state index contributed by atoms with van der Waals surface area (Å²) in [7, 11) is 1.77. The van der Waals surface area contributed by atoms with Gasteiger partial charge in [-0.25, -0.2) is 0 Å². The van der Waals surface area contributed by atoms with Crippen LogP contribution in [0.2, 0.25) is 0 Å². The van der Waals surface area contributed by atoms with Gasteiger partial charge in [-0.2, -0.15) is 0 Å². The summed E-state index contributed by atoms with van der Waals surface area (Å²) in [6.07, 6.45) is 0. The molecule has 0 aliphatic carbocycles. The highest BCUT2D eigenvalue weighted by Crippen LogP contribution is 2.15. The van der Waals surface area contributed by atoms with E-state index in [0.29, 0.717) is 0 Å². The van der Waals surface area contributed by atoms with E-state index in [-0.39, 0.29) is 5.91 Å². The van der Waals surface area contributed by atoms with Crippen LogP contribution in [-0.4, -0.2) is 13.0 Å². The second-order valence-electron chi connectivity index (χ2n) is 2.88. The Bertz CT molecular complexity index is 294. The molecule has 0 aliphatic rings. The van der Waals surface area contributed by atoms with Crippen LogP contribution in [-0.2, 0) is 10.1 Å². The van der Waals surface area contributed by atoms with Crippen molar-refractivity contribution in [3.63, 3.8) is 0 Å². The molecule has 0 saturated heterocycles. The van der Waals surface area contributed by atoms with E-state index in [9.17, 15) is 4.79 Å². The molecule has 1 aromatic rings. The number of nitrogens with zero attached hydrogens (tertiary/aromatic N) is 1. The zero-order valence-electron chi connectivity index (χ0n) is 7.75. The molecule has 0 bridgehead atoms. The lowest BCUT2D eigenvalue weighted by Gasteiger charge is -2.14. The van der Waals surface area contributed by atoms with Crippen molar-refractivity contribution in [2.24, 2.45) is 0 Å². The van der Waals surface area contributed by atoms with Gasteiger partial charge in [-0.1, -0.05) is 28.1 Å². The molecule has 0 radical (unpaired) electrons. The molecule has 0 aromatic heterocycles. The Kier molecular flexibility index (Phi) is 3.48. The molecule has 0 unspecified atom stereocenters. The molecule has 0 saturated carbocycles. The van der Waals surface area contributed by atoms with Crippen LogP contribution in [0.1, 0.15) is 12.5 Å². The van der Waals surface area contributed by atoms with Gasteiger partial charge in [-0.15, -0.1) is 0 Å². The molecule has 13 heavy (non-hydrogen) atoms. The first-order valence-corrected chi connectivity index (χ1v) is 5.16. The minimum Gasteiger partial charge on any atom is -0.316 e. The molecular formula is C10H12BrNO. The van der Waals surface area contributed by atoms with Crippen LogP contribution < -0.4 is 4.90 Å². The summed E-state index contributed by atoms with van der Waals surface area (Å²) in [5.41, 5.74) is 2.14. The number of benzene rings is 1. The smallest absolute Gasteiger partial charge is 0.223 e. The summed E-state index contributed by atoms with van der Waals surface area (Å²) in [4.78, 5) is 12.6. The number of amides is 1. The first-order valence-electron chi connectivity index (χ1n) is 4.04. The van der Waals surface area contributed by atoms with E-state index in [1.54, 1.807) is 18.9 Å². The SMILES string of the molecule is CC(=O)N(C)c1ccc(CBr)cc1. The maximum absolute atomic E-state index is 11.0. The lowest BCUT2D eigenvalue weighted by Crippen LogP contribution is -2.22. The van der Waals surface area contributed by atoms with Crippen LogP contribution in [0, 0.1) is 0 Å². The van der Waals surface area contributed by atoms with Crippen molar-refractivity contribution < 1.29 is 4.79 Å². The normalized spacial score (nSPS) is 9.77. The number of hydrogen-bond acceptors (Lipinski definition) is 1. The van der Waals surface area contributed by atoms with E-state index in [1.807, 2.05) is 24.3 Å². The fraction of sp³-hybridized carbons (Fsp3) is 0.300. The Balaban J connectivity index is 2.85. The molecule has 0 atom stereocenters. The number of rotatable bonds is 2. The predicted octanol–water partition coefficient (Wildman–Crippen LogP) is 2.56. The van der Waals surface area contributed by atoms with Gasteiger partial charge in [0.05, 0.1) is 0 Å². The summed E-state index contributed by atoms with van der Waals surface area (Å²) in [6.45, 7) is 1.55. The molecule has 0 N–H and O–H groups in total. The third kappa shape index (κ3) is 2.56. The average Bonchev–Trinajstić information content (AvgIpc) is 2.17. The first-order chi connectivity index (χ1) is 6.15. The monoisotopic (exact) mass is 241 g/mol. The van der Waals surface area contributed by atoms with Crippen molar-refractivity contribution in [2.75, 3.05) is 11.9 Å². The number of carbonyl (C=O) groups is 1. The zero-order valence-corrected chi connectivity index (χ0v) is 9.34. The van der Waals surface area contributed by atoms with Gasteiger partial charge >= 0.3 is 0 Å². The van der Waals surface area contributed by atoms with Crippen LogP contribution in [0.3, 0.4) is 0 Å². The molecule has 1 aromatic carbocycles. The van der Waals surface area contributed by atoms with Gasteiger partial charge in [0, 0.05) is 25.0 Å². The first kappa shape index (κ1) is 10.3. The van der Waals surface area contributed by atoms with Gasteiger partial charge in [0.25, 0.3) is 0 Å². The highest BCUT2D eigenvalue weighted by atomic mass is 79.9. The van der Waals surface area contributed by atoms with Crippen molar-refractivity contribution >= 4 is 27.5 Å². The Morgan fingerprint density at radius 3 is 2.31 bits per heavy atom. The van der Waals surface area contributed by atoms with Crippen molar-refractivity contribution in [1.82, 2.24) is 0 Å². The Morgan fingerprint density at radius 2 is 1.92 bits per heavy atom. The predicted molar refractivity (Wildman–Crippen MR) is 58.2 cm³/mol. The maximum atomic E-state index is 11.0. The topological polar surface area (TPSA) is 20.3 Å². The Morgan fingerprint density at radius 1 is 1.38 bits per heavy atom. The number of hydrogen-bond donors (Lipinski definition) is 0. The molecule has 0 heterocycles. The molecule has 1 amide bonds. The molecule has 0 fully saturated rings. The zero-order chi connectivity index (χ0) is 9.84. The minimum absolute atomic E-state index is 0.0478. The molecule has 1 rings (SSSR count). The third-order valence-corrected chi connectivity index (χ3v) is 2.60. The van der Waals surface area contributed by atoms with Crippen LogP contribution in [0.5, 0.6) is 0 Å². The Hall–Kier alpha value is -0.830. The summed E-state index contributed by atoms with van der Waals surface area (Å²) >= 11 is 3.37. The number of carbonyl (C=O) groups excluding carboxylic acids is 1. The third-order valence-electron chi connectivity index (χ3n) is 1.95. The summed E-state index contributed by atoms with van der Waals surface area (Å²) in [6, 6.07) is 7.89. The van der Waals surface area contributed by atoms with Crippen LogP contribution in [0.15, 0.2) is 24.3 Å². The van der Waals surface area contributed by atoms with E-state index >= 15 is 0 Å². The molecular weight excluding hydrogens is 230 g/mol. The van der Waals surface area contributed by atoms with Gasteiger partial charge in [-0.3, -0.25) is 4.79 Å². The van der Waals surface area contributed by atoms with E-state index < -0.39 is 0 Å². The molecule has 3 heteroatoms. The van der Waals surface area contributed by atoms with Gasteiger partial charge in [-0.05, 0) is 17.7 Å². The minimum atomic E-state index is 0.0478.